The molecule has 0 spiro atoms. The summed E-state index contributed by atoms with van der Waals surface area (Å²) >= 11 is 0. The Hall–Kier alpha value is -3.42. The highest BCUT2D eigenvalue weighted by molar-refractivity contribution is 5.89. The SMILES string of the molecule is Cc1cc(C)cc(NC(=O)N2CCN(c3ccc(-c4noc(C5CC5)n4)cn3)CC2)c1. The number of aryl methyl sites for hydroxylation is 2. The summed E-state index contributed by atoms with van der Waals surface area (Å²) in [5, 5.41) is 7.09. The maximum absolute atomic E-state index is 12.6. The predicted molar refractivity (Wildman–Crippen MR) is 118 cm³/mol. The number of benzene rings is 1. The zero-order valence-corrected chi connectivity index (χ0v) is 17.8. The first kappa shape index (κ1) is 19.5. The minimum Gasteiger partial charge on any atom is -0.353 e. The molecule has 2 aliphatic rings. The van der Waals surface area contributed by atoms with Crippen molar-refractivity contribution in [3.05, 3.63) is 53.5 Å². The number of carbonyl (C=O) groups excluding carboxylic acids is 1. The zero-order chi connectivity index (χ0) is 21.4. The van der Waals surface area contributed by atoms with Crippen LogP contribution in [0.1, 0.15) is 35.8 Å². The summed E-state index contributed by atoms with van der Waals surface area (Å²) < 4.78 is 5.34. The molecule has 1 saturated carbocycles. The van der Waals surface area contributed by atoms with E-state index in [9.17, 15) is 4.79 Å². The third-order valence-electron chi connectivity index (χ3n) is 5.74. The summed E-state index contributed by atoms with van der Waals surface area (Å²) in [7, 11) is 0. The van der Waals surface area contributed by atoms with Gasteiger partial charge in [0, 0.05) is 49.5 Å². The van der Waals surface area contributed by atoms with Crippen molar-refractivity contribution in [1.29, 1.82) is 0 Å². The highest BCUT2D eigenvalue weighted by Crippen LogP contribution is 2.39. The fourth-order valence-electron chi connectivity index (χ4n) is 3.94. The molecular weight excluding hydrogens is 392 g/mol. The van der Waals surface area contributed by atoms with E-state index in [1.807, 2.05) is 43.0 Å². The number of piperazine rings is 1. The van der Waals surface area contributed by atoms with Gasteiger partial charge in [0.1, 0.15) is 5.82 Å². The largest absolute Gasteiger partial charge is 0.353 e. The van der Waals surface area contributed by atoms with Gasteiger partial charge in [-0.25, -0.2) is 9.78 Å². The van der Waals surface area contributed by atoms with Crippen LogP contribution < -0.4 is 10.2 Å². The van der Waals surface area contributed by atoms with Gasteiger partial charge in [-0.2, -0.15) is 4.98 Å². The van der Waals surface area contributed by atoms with Gasteiger partial charge in [-0.3, -0.25) is 0 Å². The van der Waals surface area contributed by atoms with Gasteiger partial charge in [0.05, 0.1) is 0 Å². The van der Waals surface area contributed by atoms with Crippen molar-refractivity contribution in [1.82, 2.24) is 20.0 Å². The number of amides is 2. The third kappa shape index (κ3) is 4.38. The number of hydrogen-bond acceptors (Lipinski definition) is 6. The Balaban J connectivity index is 1.17. The molecule has 1 N–H and O–H groups in total. The van der Waals surface area contributed by atoms with E-state index < -0.39 is 0 Å². The lowest BCUT2D eigenvalue weighted by Crippen LogP contribution is -2.50. The number of anilines is 2. The van der Waals surface area contributed by atoms with Gasteiger partial charge in [0.2, 0.25) is 11.7 Å². The molecule has 160 valence electrons. The second-order valence-electron chi connectivity index (χ2n) is 8.42. The molecule has 0 atom stereocenters. The summed E-state index contributed by atoms with van der Waals surface area (Å²) in [5.41, 5.74) is 3.97. The number of pyridine rings is 1. The van der Waals surface area contributed by atoms with Gasteiger partial charge in [0.25, 0.3) is 0 Å². The second kappa shape index (κ2) is 8.02. The molecule has 5 rings (SSSR count). The summed E-state index contributed by atoms with van der Waals surface area (Å²) in [6.07, 6.45) is 4.05. The van der Waals surface area contributed by atoms with E-state index >= 15 is 0 Å². The Morgan fingerprint density at radius 1 is 1.06 bits per heavy atom. The summed E-state index contributed by atoms with van der Waals surface area (Å²) in [6.45, 7) is 6.83. The molecule has 31 heavy (non-hydrogen) atoms. The molecule has 3 heterocycles. The average Bonchev–Trinajstić information content (AvgIpc) is 3.50. The lowest BCUT2D eigenvalue weighted by molar-refractivity contribution is 0.208. The van der Waals surface area contributed by atoms with E-state index in [4.69, 9.17) is 4.52 Å². The highest BCUT2D eigenvalue weighted by atomic mass is 16.5. The monoisotopic (exact) mass is 418 g/mol. The Bertz CT molecular complexity index is 1060. The van der Waals surface area contributed by atoms with Crippen molar-refractivity contribution in [2.24, 2.45) is 0 Å². The van der Waals surface area contributed by atoms with Gasteiger partial charge in [-0.05, 0) is 62.1 Å². The minimum absolute atomic E-state index is 0.0588. The van der Waals surface area contributed by atoms with Crippen molar-refractivity contribution >= 4 is 17.5 Å². The molecule has 1 saturated heterocycles. The fourth-order valence-corrected chi connectivity index (χ4v) is 3.94. The van der Waals surface area contributed by atoms with Crippen LogP contribution in [0.4, 0.5) is 16.3 Å². The lowest BCUT2D eigenvalue weighted by atomic mass is 10.1. The standard InChI is InChI=1S/C23H26N6O2/c1-15-11-16(2)13-19(12-15)25-23(30)29-9-7-28(8-10-29)20-6-5-18(14-24-20)21-26-22(31-27-21)17-3-4-17/h5-6,11-14,17H,3-4,7-10H2,1-2H3,(H,25,30). The number of aromatic nitrogens is 3. The number of rotatable bonds is 4. The number of nitrogens with one attached hydrogen (secondary N) is 1. The maximum atomic E-state index is 12.6. The van der Waals surface area contributed by atoms with Gasteiger partial charge < -0.3 is 19.6 Å². The van der Waals surface area contributed by atoms with Gasteiger partial charge >= 0.3 is 6.03 Å². The van der Waals surface area contributed by atoms with Crippen LogP contribution in [0.5, 0.6) is 0 Å². The van der Waals surface area contributed by atoms with Crippen molar-refractivity contribution in [2.45, 2.75) is 32.6 Å². The van der Waals surface area contributed by atoms with Gasteiger partial charge in [-0.1, -0.05) is 11.2 Å². The Morgan fingerprint density at radius 3 is 2.45 bits per heavy atom. The lowest BCUT2D eigenvalue weighted by Gasteiger charge is -2.35. The molecule has 2 fully saturated rings. The van der Waals surface area contributed by atoms with E-state index in [-0.39, 0.29) is 6.03 Å². The number of hydrogen-bond donors (Lipinski definition) is 1. The van der Waals surface area contributed by atoms with Crippen molar-refractivity contribution in [3.8, 4) is 11.4 Å². The maximum Gasteiger partial charge on any atom is 0.321 e. The molecule has 8 nitrogen and oxygen atoms in total. The number of nitrogens with zero attached hydrogens (tertiary/aromatic N) is 5. The van der Waals surface area contributed by atoms with Crippen molar-refractivity contribution < 1.29 is 9.32 Å². The molecular formula is C23H26N6O2. The first-order valence-corrected chi connectivity index (χ1v) is 10.7. The van der Waals surface area contributed by atoms with Crippen LogP contribution in [0.25, 0.3) is 11.4 Å². The second-order valence-corrected chi connectivity index (χ2v) is 8.42. The van der Waals surface area contributed by atoms with Crippen molar-refractivity contribution in [3.63, 3.8) is 0 Å². The number of urea groups is 1. The van der Waals surface area contributed by atoms with E-state index in [1.165, 1.54) is 0 Å². The van der Waals surface area contributed by atoms with Crippen LogP contribution in [0, 0.1) is 13.8 Å². The Kier molecular flexibility index (Phi) is 5.05. The van der Waals surface area contributed by atoms with E-state index in [2.05, 4.69) is 31.4 Å². The third-order valence-corrected chi connectivity index (χ3v) is 5.74. The van der Waals surface area contributed by atoms with Gasteiger partial charge in [0.15, 0.2) is 0 Å². The average molecular weight is 419 g/mol. The molecule has 0 bridgehead atoms. The Labute approximate surface area is 181 Å². The molecule has 0 unspecified atom stereocenters. The smallest absolute Gasteiger partial charge is 0.321 e. The summed E-state index contributed by atoms with van der Waals surface area (Å²) in [6, 6.07) is 9.97. The van der Waals surface area contributed by atoms with Crippen molar-refractivity contribution in [2.75, 3.05) is 36.4 Å². The first-order chi connectivity index (χ1) is 15.0. The van der Waals surface area contributed by atoms with Crippen LogP contribution >= 0.6 is 0 Å². The fraction of sp³-hybridized carbons (Fsp3) is 0.391. The predicted octanol–water partition coefficient (Wildman–Crippen LogP) is 3.98. The topological polar surface area (TPSA) is 87.4 Å². The van der Waals surface area contributed by atoms with Gasteiger partial charge in [-0.15, -0.1) is 0 Å². The van der Waals surface area contributed by atoms with E-state index in [0.29, 0.717) is 24.8 Å². The van der Waals surface area contributed by atoms with Crippen LogP contribution in [-0.4, -0.2) is 52.2 Å². The highest BCUT2D eigenvalue weighted by Gasteiger charge is 2.30. The molecule has 0 radical (unpaired) electrons. The molecule has 1 aliphatic heterocycles. The van der Waals surface area contributed by atoms with E-state index in [1.54, 1.807) is 6.20 Å². The number of carbonyl (C=O) groups is 1. The summed E-state index contributed by atoms with van der Waals surface area (Å²) in [5.74, 6) is 2.66. The molecule has 3 aromatic rings. The molecule has 1 aliphatic carbocycles. The summed E-state index contributed by atoms with van der Waals surface area (Å²) in [4.78, 5) is 25.8. The molecule has 8 heteroatoms. The normalized spacial score (nSPS) is 16.5. The minimum atomic E-state index is -0.0588. The van der Waals surface area contributed by atoms with Crippen LogP contribution in [0.2, 0.25) is 0 Å². The quantitative estimate of drug-likeness (QED) is 0.690. The molecule has 2 aromatic heterocycles. The van der Waals surface area contributed by atoms with E-state index in [0.717, 1.165) is 60.0 Å². The first-order valence-electron chi connectivity index (χ1n) is 10.7. The zero-order valence-electron chi connectivity index (χ0n) is 17.8. The van der Waals surface area contributed by atoms with Crippen LogP contribution in [0.15, 0.2) is 41.1 Å². The Morgan fingerprint density at radius 2 is 1.81 bits per heavy atom. The van der Waals surface area contributed by atoms with Crippen LogP contribution in [-0.2, 0) is 0 Å². The molecule has 1 aromatic carbocycles. The van der Waals surface area contributed by atoms with Crippen LogP contribution in [0.3, 0.4) is 0 Å². The molecule has 2 amide bonds.